The highest BCUT2D eigenvalue weighted by molar-refractivity contribution is 5.97. The molecule has 2 aromatic rings. The molecule has 0 radical (unpaired) electrons. The Morgan fingerprint density at radius 1 is 1.13 bits per heavy atom. The number of aliphatic hydroxyl groups is 1. The summed E-state index contributed by atoms with van der Waals surface area (Å²) in [7, 11) is 1.58. The second kappa shape index (κ2) is 7.51. The topological polar surface area (TPSA) is 68.2 Å². The molecule has 2 aromatic carbocycles. The van der Waals surface area contributed by atoms with Crippen molar-refractivity contribution < 1.29 is 24.1 Å². The zero-order valence-corrected chi connectivity index (χ0v) is 17.2. The van der Waals surface area contributed by atoms with Crippen LogP contribution in [0.25, 0.3) is 0 Å². The fourth-order valence-electron chi connectivity index (χ4n) is 5.40. The van der Waals surface area contributed by atoms with Gasteiger partial charge in [-0.05, 0) is 49.1 Å². The van der Waals surface area contributed by atoms with Gasteiger partial charge < -0.3 is 24.2 Å². The number of hydrogen-bond acceptors (Lipinski definition) is 5. The van der Waals surface area contributed by atoms with Crippen molar-refractivity contribution in [3.8, 4) is 17.2 Å². The third kappa shape index (κ3) is 3.10. The number of methoxy groups -OCH3 is 1. The van der Waals surface area contributed by atoms with Crippen LogP contribution < -0.4 is 14.2 Å². The molecule has 3 atom stereocenters. The summed E-state index contributed by atoms with van der Waals surface area (Å²) in [5, 5.41) is 11.5. The molecule has 0 spiro atoms. The third-order valence-corrected chi connectivity index (χ3v) is 6.90. The predicted molar refractivity (Wildman–Crippen MR) is 111 cm³/mol. The molecule has 2 fully saturated rings. The second-order valence-corrected chi connectivity index (χ2v) is 8.46. The summed E-state index contributed by atoms with van der Waals surface area (Å²) in [5.41, 5.74) is 0.788. The van der Waals surface area contributed by atoms with Crippen molar-refractivity contribution in [2.24, 2.45) is 5.92 Å². The van der Waals surface area contributed by atoms with E-state index in [0.29, 0.717) is 30.0 Å². The third-order valence-electron chi connectivity index (χ3n) is 6.90. The van der Waals surface area contributed by atoms with Crippen LogP contribution in [-0.2, 0) is 0 Å². The highest BCUT2D eigenvalue weighted by Crippen LogP contribution is 2.51. The molecule has 30 heavy (non-hydrogen) atoms. The minimum atomic E-state index is -0.739. The van der Waals surface area contributed by atoms with E-state index in [-0.39, 0.29) is 24.7 Å². The molecule has 1 amide bonds. The summed E-state index contributed by atoms with van der Waals surface area (Å²) in [6.07, 6.45) is 4.37. The van der Waals surface area contributed by atoms with E-state index >= 15 is 0 Å². The maximum atomic E-state index is 13.7. The lowest BCUT2D eigenvalue weighted by Gasteiger charge is -2.52. The smallest absolute Gasteiger partial charge is 0.258 e. The highest BCUT2D eigenvalue weighted by Gasteiger charge is 2.50. The lowest BCUT2D eigenvalue weighted by atomic mass is 9.66. The number of para-hydroxylation sites is 1. The van der Waals surface area contributed by atoms with Crippen molar-refractivity contribution in [3.05, 3.63) is 53.6 Å². The van der Waals surface area contributed by atoms with Crippen LogP contribution in [0.5, 0.6) is 17.2 Å². The Hall–Kier alpha value is -2.73. The molecule has 1 saturated carbocycles. The molecule has 5 rings (SSSR count). The van der Waals surface area contributed by atoms with Gasteiger partial charge in [-0.3, -0.25) is 4.79 Å². The minimum absolute atomic E-state index is 0.0148. The number of hydrogen-bond donors (Lipinski definition) is 1. The van der Waals surface area contributed by atoms with Crippen molar-refractivity contribution in [2.75, 3.05) is 20.4 Å². The van der Waals surface area contributed by atoms with Crippen LogP contribution in [0.2, 0.25) is 0 Å². The summed E-state index contributed by atoms with van der Waals surface area (Å²) in [5.74, 6) is 1.90. The van der Waals surface area contributed by atoms with Crippen molar-refractivity contribution in [1.82, 2.24) is 4.90 Å². The van der Waals surface area contributed by atoms with Gasteiger partial charge in [-0.2, -0.15) is 0 Å². The van der Waals surface area contributed by atoms with E-state index in [4.69, 9.17) is 14.2 Å². The number of likely N-dealkylation sites (tertiary alicyclic amines) is 1. The van der Waals surface area contributed by atoms with Gasteiger partial charge in [0.25, 0.3) is 5.91 Å². The Morgan fingerprint density at radius 2 is 1.97 bits per heavy atom. The van der Waals surface area contributed by atoms with E-state index in [9.17, 15) is 9.90 Å². The number of benzene rings is 2. The Balaban J connectivity index is 1.57. The Kier molecular flexibility index (Phi) is 4.82. The Morgan fingerprint density at radius 3 is 2.83 bits per heavy atom. The standard InChI is InChI=1S/C24H27NO5/c1-28-19-8-3-2-6-17(19)23(26)25-13-12-24(27)11-5-4-7-18(24)22(25)16-9-10-20-21(14-16)30-15-29-20/h2-3,6,8-10,14,18,22,27H,4-5,7,11-13,15H2,1H3. The number of ether oxygens (including phenoxy) is 3. The van der Waals surface area contributed by atoms with Crippen LogP contribution in [0.15, 0.2) is 42.5 Å². The zero-order valence-electron chi connectivity index (χ0n) is 17.2. The number of amides is 1. The number of nitrogens with zero attached hydrogens (tertiary/aromatic N) is 1. The highest BCUT2D eigenvalue weighted by atomic mass is 16.7. The van der Waals surface area contributed by atoms with E-state index in [0.717, 1.165) is 37.0 Å². The molecular weight excluding hydrogens is 382 g/mol. The van der Waals surface area contributed by atoms with Crippen LogP contribution in [0.4, 0.5) is 0 Å². The molecule has 1 aliphatic carbocycles. The number of piperidine rings is 1. The van der Waals surface area contributed by atoms with Gasteiger partial charge in [-0.15, -0.1) is 0 Å². The molecule has 2 heterocycles. The molecule has 0 aromatic heterocycles. The number of fused-ring (bicyclic) bond motifs is 2. The average Bonchev–Trinajstić information content (AvgIpc) is 3.25. The van der Waals surface area contributed by atoms with Crippen LogP contribution >= 0.6 is 0 Å². The first-order valence-electron chi connectivity index (χ1n) is 10.7. The molecule has 158 valence electrons. The molecule has 6 nitrogen and oxygen atoms in total. The van der Waals surface area contributed by atoms with Gasteiger partial charge in [0, 0.05) is 12.5 Å². The van der Waals surface area contributed by atoms with Crippen LogP contribution in [0, 0.1) is 5.92 Å². The number of rotatable bonds is 3. The molecule has 0 bridgehead atoms. The van der Waals surface area contributed by atoms with Crippen molar-refractivity contribution in [3.63, 3.8) is 0 Å². The maximum Gasteiger partial charge on any atom is 0.258 e. The maximum absolute atomic E-state index is 13.7. The zero-order chi connectivity index (χ0) is 20.7. The van der Waals surface area contributed by atoms with Crippen LogP contribution in [0.3, 0.4) is 0 Å². The van der Waals surface area contributed by atoms with E-state index in [1.807, 2.05) is 41.3 Å². The Labute approximate surface area is 176 Å². The van der Waals surface area contributed by atoms with E-state index in [2.05, 4.69) is 0 Å². The second-order valence-electron chi connectivity index (χ2n) is 8.46. The summed E-state index contributed by atoms with van der Waals surface area (Å²) >= 11 is 0. The van der Waals surface area contributed by atoms with Crippen molar-refractivity contribution in [1.29, 1.82) is 0 Å². The monoisotopic (exact) mass is 409 g/mol. The number of carbonyl (C=O) groups excluding carboxylic acids is 1. The molecule has 6 heteroatoms. The molecule has 1 saturated heterocycles. The van der Waals surface area contributed by atoms with E-state index in [1.54, 1.807) is 13.2 Å². The average molecular weight is 409 g/mol. The molecule has 3 aliphatic rings. The van der Waals surface area contributed by atoms with Gasteiger partial charge in [0.05, 0.1) is 24.3 Å². The van der Waals surface area contributed by atoms with Crippen LogP contribution in [-0.4, -0.2) is 42.0 Å². The lowest BCUT2D eigenvalue weighted by molar-refractivity contribution is -0.115. The Bertz CT molecular complexity index is 960. The van der Waals surface area contributed by atoms with Gasteiger partial charge in [0.2, 0.25) is 6.79 Å². The fraction of sp³-hybridized carbons (Fsp3) is 0.458. The van der Waals surface area contributed by atoms with Gasteiger partial charge in [0.1, 0.15) is 5.75 Å². The first-order chi connectivity index (χ1) is 14.6. The van der Waals surface area contributed by atoms with Crippen LogP contribution in [0.1, 0.15) is 54.1 Å². The summed E-state index contributed by atoms with van der Waals surface area (Å²) in [6, 6.07) is 13.0. The van der Waals surface area contributed by atoms with Gasteiger partial charge in [0.15, 0.2) is 11.5 Å². The fourth-order valence-corrected chi connectivity index (χ4v) is 5.40. The first-order valence-corrected chi connectivity index (χ1v) is 10.7. The summed E-state index contributed by atoms with van der Waals surface area (Å²) in [4.78, 5) is 15.6. The normalized spacial score (nSPS) is 27.5. The molecule has 1 N–H and O–H groups in total. The minimum Gasteiger partial charge on any atom is -0.496 e. The largest absolute Gasteiger partial charge is 0.496 e. The number of carbonyl (C=O) groups is 1. The predicted octanol–water partition coefficient (Wildman–Crippen LogP) is 3.93. The quantitative estimate of drug-likeness (QED) is 0.832. The molecule has 2 aliphatic heterocycles. The van der Waals surface area contributed by atoms with E-state index in [1.165, 1.54) is 0 Å². The molecule has 3 unspecified atom stereocenters. The van der Waals surface area contributed by atoms with Gasteiger partial charge in [-0.25, -0.2) is 0 Å². The summed E-state index contributed by atoms with van der Waals surface area (Å²) in [6.45, 7) is 0.712. The van der Waals surface area contributed by atoms with Gasteiger partial charge in [-0.1, -0.05) is 31.0 Å². The van der Waals surface area contributed by atoms with E-state index < -0.39 is 5.60 Å². The lowest BCUT2D eigenvalue weighted by Crippen LogP contribution is -2.56. The SMILES string of the molecule is COc1ccccc1C(=O)N1CCC2(O)CCCCC2C1c1ccc2c(c1)OCO2. The first kappa shape index (κ1) is 19.2. The van der Waals surface area contributed by atoms with Gasteiger partial charge >= 0.3 is 0 Å². The molecular formula is C24H27NO5. The van der Waals surface area contributed by atoms with Crippen molar-refractivity contribution in [2.45, 2.75) is 43.7 Å². The summed E-state index contributed by atoms with van der Waals surface area (Å²) < 4.78 is 16.5. The van der Waals surface area contributed by atoms with Crippen molar-refractivity contribution >= 4 is 5.91 Å².